The highest BCUT2D eigenvalue weighted by atomic mass is 19.4. The van der Waals surface area contributed by atoms with Crippen LogP contribution in [0.4, 0.5) is 22.0 Å². The van der Waals surface area contributed by atoms with E-state index in [2.05, 4.69) is 14.7 Å². The van der Waals surface area contributed by atoms with E-state index in [-0.39, 0.29) is 11.6 Å². The quantitative estimate of drug-likeness (QED) is 0.844. The van der Waals surface area contributed by atoms with E-state index in [1.165, 1.54) is 0 Å². The number of nitrogens with two attached hydrogens (primary N) is 1. The van der Waals surface area contributed by atoms with Gasteiger partial charge in [-0.15, -0.1) is 0 Å². The molecule has 0 radical (unpaired) electrons. The monoisotopic (exact) mass is 285 g/mol. The molecule has 0 fully saturated rings. The normalized spacial score (nSPS) is 15.4. The Morgan fingerprint density at radius 1 is 1.32 bits per heavy atom. The fourth-order valence-corrected chi connectivity index (χ4v) is 1.18. The van der Waals surface area contributed by atoms with E-state index < -0.39 is 31.2 Å². The molecule has 19 heavy (non-hydrogen) atoms. The third kappa shape index (κ3) is 4.93. The number of halogens is 5. The lowest BCUT2D eigenvalue weighted by Crippen LogP contribution is -2.31. The van der Waals surface area contributed by atoms with Crippen LogP contribution in [0.2, 0.25) is 0 Å². The Labute approximate surface area is 105 Å². The van der Waals surface area contributed by atoms with Crippen molar-refractivity contribution in [1.29, 1.82) is 0 Å². The molecule has 0 amide bonds. The number of alkyl halides is 5. The van der Waals surface area contributed by atoms with Gasteiger partial charge in [-0.3, -0.25) is 0 Å². The summed E-state index contributed by atoms with van der Waals surface area (Å²) in [6.07, 6.45) is -8.98. The molecule has 108 valence electrons. The molecule has 1 aromatic heterocycles. The van der Waals surface area contributed by atoms with Crippen molar-refractivity contribution in [3.05, 3.63) is 18.1 Å². The van der Waals surface area contributed by atoms with Crippen LogP contribution in [-0.2, 0) is 0 Å². The molecule has 1 aromatic rings. The van der Waals surface area contributed by atoms with Crippen molar-refractivity contribution >= 4 is 0 Å². The summed E-state index contributed by atoms with van der Waals surface area (Å²) in [5.74, 6) is -0.362. The van der Waals surface area contributed by atoms with Gasteiger partial charge in [0.2, 0.25) is 12.3 Å². The van der Waals surface area contributed by atoms with Crippen LogP contribution in [0.15, 0.2) is 12.4 Å². The van der Waals surface area contributed by atoms with Crippen molar-refractivity contribution in [2.45, 2.75) is 38.1 Å². The fraction of sp³-hybridized carbons (Fsp3) is 0.600. The van der Waals surface area contributed by atoms with Gasteiger partial charge in [-0.05, 0) is 6.92 Å². The highest BCUT2D eigenvalue weighted by Gasteiger charge is 2.38. The maximum Gasteiger partial charge on any atom is 0.425 e. The summed E-state index contributed by atoms with van der Waals surface area (Å²) in [7, 11) is 0. The number of hydrogen-bond acceptors (Lipinski definition) is 4. The van der Waals surface area contributed by atoms with Crippen LogP contribution in [0, 0.1) is 0 Å². The molecule has 0 saturated heterocycles. The van der Waals surface area contributed by atoms with Crippen molar-refractivity contribution in [3.8, 4) is 5.88 Å². The molecule has 0 aliphatic rings. The van der Waals surface area contributed by atoms with Gasteiger partial charge in [0.25, 0.3) is 0 Å². The summed E-state index contributed by atoms with van der Waals surface area (Å²) in [4.78, 5) is 7.11. The minimum atomic E-state index is -4.55. The van der Waals surface area contributed by atoms with E-state index >= 15 is 0 Å². The molecule has 9 heteroatoms. The Morgan fingerprint density at radius 2 is 1.95 bits per heavy atom. The first-order chi connectivity index (χ1) is 8.70. The molecule has 0 saturated carbocycles. The topological polar surface area (TPSA) is 61.0 Å². The van der Waals surface area contributed by atoms with Crippen LogP contribution in [0.1, 0.15) is 25.1 Å². The second-order valence-electron chi connectivity index (χ2n) is 3.82. The standard InChI is InChI=1S/C10H12F5N3O/c1-5(10(13,14)15)19-9-3-7(17-4-18-9)6(16)2-8(11)12/h3-6,8H,2,16H2,1H3/t5-,6?/m1/s1. The smallest absolute Gasteiger partial charge is 0.425 e. The molecule has 0 bridgehead atoms. The highest BCUT2D eigenvalue weighted by Crippen LogP contribution is 2.25. The summed E-state index contributed by atoms with van der Waals surface area (Å²) in [5.41, 5.74) is 5.43. The van der Waals surface area contributed by atoms with Gasteiger partial charge < -0.3 is 10.5 Å². The van der Waals surface area contributed by atoms with Gasteiger partial charge in [-0.25, -0.2) is 18.7 Å². The van der Waals surface area contributed by atoms with Crippen LogP contribution in [0.5, 0.6) is 5.88 Å². The minimum Gasteiger partial charge on any atom is -0.465 e. The van der Waals surface area contributed by atoms with Crippen LogP contribution >= 0.6 is 0 Å². The molecule has 0 aromatic carbocycles. The molecule has 0 spiro atoms. The molecule has 1 unspecified atom stereocenters. The lowest BCUT2D eigenvalue weighted by atomic mass is 10.1. The zero-order valence-electron chi connectivity index (χ0n) is 9.86. The maximum absolute atomic E-state index is 12.3. The lowest BCUT2D eigenvalue weighted by Gasteiger charge is -2.17. The predicted octanol–water partition coefficient (Wildman–Crippen LogP) is 2.46. The third-order valence-corrected chi connectivity index (χ3v) is 2.23. The predicted molar refractivity (Wildman–Crippen MR) is 55.7 cm³/mol. The number of hydrogen-bond donors (Lipinski definition) is 1. The van der Waals surface area contributed by atoms with Crippen LogP contribution in [0.3, 0.4) is 0 Å². The van der Waals surface area contributed by atoms with Crippen LogP contribution < -0.4 is 10.5 Å². The summed E-state index contributed by atoms with van der Waals surface area (Å²) in [6.45, 7) is 0.806. The molecule has 1 rings (SSSR count). The number of aromatic nitrogens is 2. The zero-order chi connectivity index (χ0) is 14.6. The lowest BCUT2D eigenvalue weighted by molar-refractivity contribution is -0.190. The Kier molecular flexibility index (Phi) is 4.98. The van der Waals surface area contributed by atoms with Crippen molar-refractivity contribution in [2.24, 2.45) is 5.73 Å². The Bertz CT molecular complexity index is 412. The van der Waals surface area contributed by atoms with Crippen molar-refractivity contribution < 1.29 is 26.7 Å². The second kappa shape index (κ2) is 6.09. The van der Waals surface area contributed by atoms with Crippen LogP contribution in [0.25, 0.3) is 0 Å². The van der Waals surface area contributed by atoms with Gasteiger partial charge >= 0.3 is 6.18 Å². The molecule has 0 aliphatic heterocycles. The molecular weight excluding hydrogens is 273 g/mol. The molecule has 2 atom stereocenters. The molecule has 0 aliphatic carbocycles. The Hall–Kier alpha value is -1.51. The van der Waals surface area contributed by atoms with Crippen molar-refractivity contribution in [3.63, 3.8) is 0 Å². The summed E-state index contributed by atoms with van der Waals surface area (Å²) >= 11 is 0. The van der Waals surface area contributed by atoms with E-state index in [0.29, 0.717) is 0 Å². The first kappa shape index (κ1) is 15.5. The summed E-state index contributed by atoms with van der Waals surface area (Å²) < 4.78 is 65.6. The Balaban J connectivity index is 2.77. The first-order valence-corrected chi connectivity index (χ1v) is 5.29. The molecular formula is C10H12F5N3O. The van der Waals surface area contributed by atoms with Crippen molar-refractivity contribution in [2.75, 3.05) is 0 Å². The summed E-state index contributed by atoms with van der Waals surface area (Å²) in [5, 5.41) is 0. The van der Waals surface area contributed by atoms with Crippen LogP contribution in [-0.4, -0.2) is 28.7 Å². The maximum atomic E-state index is 12.3. The van der Waals surface area contributed by atoms with Gasteiger partial charge in [0, 0.05) is 12.5 Å². The highest BCUT2D eigenvalue weighted by molar-refractivity contribution is 5.16. The van der Waals surface area contributed by atoms with Crippen molar-refractivity contribution in [1.82, 2.24) is 9.97 Å². The molecule has 2 N–H and O–H groups in total. The number of ether oxygens (including phenoxy) is 1. The average molecular weight is 285 g/mol. The van der Waals surface area contributed by atoms with Gasteiger partial charge in [0.15, 0.2) is 6.10 Å². The van der Waals surface area contributed by atoms with Gasteiger partial charge in [0.1, 0.15) is 6.33 Å². The largest absolute Gasteiger partial charge is 0.465 e. The second-order valence-corrected chi connectivity index (χ2v) is 3.82. The average Bonchev–Trinajstić information content (AvgIpc) is 2.27. The van der Waals surface area contributed by atoms with E-state index in [4.69, 9.17) is 5.73 Å². The first-order valence-electron chi connectivity index (χ1n) is 5.29. The van der Waals surface area contributed by atoms with E-state index in [9.17, 15) is 22.0 Å². The van der Waals surface area contributed by atoms with E-state index in [0.717, 1.165) is 19.3 Å². The van der Waals surface area contributed by atoms with Gasteiger partial charge in [-0.2, -0.15) is 13.2 Å². The third-order valence-electron chi connectivity index (χ3n) is 2.23. The molecule has 1 heterocycles. The SMILES string of the molecule is C[C@@H](Oc1cc(C(N)CC(F)F)ncn1)C(F)(F)F. The zero-order valence-corrected chi connectivity index (χ0v) is 9.86. The number of nitrogens with zero attached hydrogens (tertiary/aromatic N) is 2. The van der Waals surface area contributed by atoms with Gasteiger partial charge in [0.05, 0.1) is 11.7 Å². The Morgan fingerprint density at radius 3 is 2.47 bits per heavy atom. The fourth-order valence-electron chi connectivity index (χ4n) is 1.18. The van der Waals surface area contributed by atoms with Gasteiger partial charge in [-0.1, -0.05) is 0 Å². The molecule has 4 nitrogen and oxygen atoms in total. The van der Waals surface area contributed by atoms with E-state index in [1.54, 1.807) is 0 Å². The minimum absolute atomic E-state index is 0.000301. The summed E-state index contributed by atoms with van der Waals surface area (Å²) in [6, 6.07) is -0.0681. The number of rotatable bonds is 5. The van der Waals surface area contributed by atoms with E-state index in [1.807, 2.05) is 0 Å².